The summed E-state index contributed by atoms with van der Waals surface area (Å²) in [5, 5.41) is 6.92. The molecule has 1 fully saturated rings. The number of rotatable bonds is 5. The molecule has 2 rings (SSSR count). The average Bonchev–Trinajstić information content (AvgIpc) is 2.76. The van der Waals surface area contributed by atoms with E-state index in [1.165, 1.54) is 13.5 Å². The summed E-state index contributed by atoms with van der Waals surface area (Å²) in [7, 11) is 1.48. The lowest BCUT2D eigenvalue weighted by Crippen LogP contribution is -2.45. The molecule has 1 saturated carbocycles. The Morgan fingerprint density at radius 2 is 2.24 bits per heavy atom. The maximum Gasteiger partial charge on any atom is 0.437 e. The van der Waals surface area contributed by atoms with Crippen LogP contribution in [0.5, 0.6) is 0 Å². The van der Waals surface area contributed by atoms with Gasteiger partial charge >= 0.3 is 5.76 Å². The summed E-state index contributed by atoms with van der Waals surface area (Å²) in [5.74, 6) is 0.380. The normalized spacial score (nSPS) is 25.8. The largest absolute Gasteiger partial charge is 0.437 e. The van der Waals surface area contributed by atoms with Gasteiger partial charge in [-0.1, -0.05) is 26.7 Å². The van der Waals surface area contributed by atoms with Gasteiger partial charge in [0.1, 0.15) is 13.2 Å². The van der Waals surface area contributed by atoms with E-state index in [1.807, 2.05) is 0 Å². The third-order valence-electron chi connectivity index (χ3n) is 4.26. The minimum atomic E-state index is -0.637. The van der Waals surface area contributed by atoms with E-state index in [-0.39, 0.29) is 31.0 Å². The third kappa shape index (κ3) is 3.93. The summed E-state index contributed by atoms with van der Waals surface area (Å²) in [4.78, 5) is 23.6. The van der Waals surface area contributed by atoms with Crippen LogP contribution in [0.3, 0.4) is 0 Å². The molecule has 1 aliphatic rings. The van der Waals surface area contributed by atoms with E-state index in [0.717, 1.165) is 17.5 Å². The lowest BCUT2D eigenvalue weighted by molar-refractivity contribution is -0.123. The highest BCUT2D eigenvalue weighted by Crippen LogP contribution is 2.29. The standard InChI is InChI=1S/C14H23N3O4/c1-9-5-4-6-11(10(9)2)15-12(18)7-17-14(19)21-13(16-17)8-20-3/h9-11H,4-8H2,1-3H3,(H,15,18)/t9-,10+,11+/m0/s1. The summed E-state index contributed by atoms with van der Waals surface area (Å²) in [6.07, 6.45) is 3.31. The van der Waals surface area contributed by atoms with Gasteiger partial charge in [0.25, 0.3) is 0 Å². The third-order valence-corrected chi connectivity index (χ3v) is 4.26. The molecule has 0 unspecified atom stereocenters. The molecule has 1 heterocycles. The molecular formula is C14H23N3O4. The molecule has 1 aromatic heterocycles. The Kier molecular flexibility index (Phi) is 5.17. The van der Waals surface area contributed by atoms with Crippen molar-refractivity contribution in [2.75, 3.05) is 7.11 Å². The number of hydrogen-bond donors (Lipinski definition) is 1. The molecule has 0 aromatic carbocycles. The molecule has 3 atom stereocenters. The van der Waals surface area contributed by atoms with Gasteiger partial charge in [0, 0.05) is 13.2 Å². The van der Waals surface area contributed by atoms with Crippen LogP contribution in [0.2, 0.25) is 0 Å². The van der Waals surface area contributed by atoms with Crippen LogP contribution in [0, 0.1) is 11.8 Å². The van der Waals surface area contributed by atoms with Crippen LogP contribution in [-0.2, 0) is 22.7 Å². The lowest BCUT2D eigenvalue weighted by atomic mass is 9.78. The van der Waals surface area contributed by atoms with Gasteiger partial charge in [0.15, 0.2) is 0 Å². The van der Waals surface area contributed by atoms with E-state index in [9.17, 15) is 9.59 Å². The molecule has 118 valence electrons. The Labute approximate surface area is 123 Å². The van der Waals surface area contributed by atoms with Gasteiger partial charge < -0.3 is 14.5 Å². The van der Waals surface area contributed by atoms with Crippen LogP contribution in [0.4, 0.5) is 0 Å². The molecule has 1 amide bonds. The SMILES string of the molecule is COCc1nn(CC(=O)N[C@@H]2CCC[C@H](C)[C@H]2C)c(=O)o1. The molecule has 7 nitrogen and oxygen atoms in total. The Hall–Kier alpha value is -1.63. The van der Waals surface area contributed by atoms with Crippen LogP contribution < -0.4 is 11.1 Å². The molecule has 0 aliphatic heterocycles. The van der Waals surface area contributed by atoms with E-state index in [4.69, 9.17) is 9.15 Å². The minimum Gasteiger partial charge on any atom is -0.390 e. The van der Waals surface area contributed by atoms with Crippen molar-refractivity contribution in [1.29, 1.82) is 0 Å². The molecule has 0 bridgehead atoms. The lowest BCUT2D eigenvalue weighted by Gasteiger charge is -2.34. The first kappa shape index (κ1) is 15.8. The monoisotopic (exact) mass is 297 g/mol. The van der Waals surface area contributed by atoms with Crippen LogP contribution in [0.25, 0.3) is 0 Å². The van der Waals surface area contributed by atoms with Gasteiger partial charge in [0.05, 0.1) is 0 Å². The fraction of sp³-hybridized carbons (Fsp3) is 0.786. The van der Waals surface area contributed by atoms with Gasteiger partial charge in [0.2, 0.25) is 11.8 Å². The van der Waals surface area contributed by atoms with Gasteiger partial charge in [-0.25, -0.2) is 4.79 Å². The summed E-state index contributed by atoms with van der Waals surface area (Å²) in [6, 6.07) is 0.169. The Bertz CT molecular complexity index is 537. The molecule has 7 heteroatoms. The van der Waals surface area contributed by atoms with Crippen LogP contribution in [-0.4, -0.2) is 28.8 Å². The average molecular weight is 297 g/mol. The maximum atomic E-state index is 12.1. The number of carbonyl (C=O) groups is 1. The van der Waals surface area contributed by atoms with Gasteiger partial charge in [-0.15, -0.1) is 5.10 Å². The van der Waals surface area contributed by atoms with Crippen molar-refractivity contribution in [3.63, 3.8) is 0 Å². The predicted molar refractivity (Wildman–Crippen MR) is 75.6 cm³/mol. The van der Waals surface area contributed by atoms with E-state index in [1.54, 1.807) is 0 Å². The number of aromatic nitrogens is 2. The van der Waals surface area contributed by atoms with E-state index < -0.39 is 5.76 Å². The molecule has 0 spiro atoms. The highest BCUT2D eigenvalue weighted by Gasteiger charge is 2.28. The molecule has 0 saturated heterocycles. The fourth-order valence-electron chi connectivity index (χ4n) is 2.81. The molecule has 1 aromatic rings. The van der Waals surface area contributed by atoms with Crippen molar-refractivity contribution in [2.24, 2.45) is 11.8 Å². The zero-order chi connectivity index (χ0) is 15.4. The second kappa shape index (κ2) is 6.89. The smallest absolute Gasteiger partial charge is 0.390 e. The summed E-state index contributed by atoms with van der Waals surface area (Å²) >= 11 is 0. The van der Waals surface area contributed by atoms with E-state index >= 15 is 0 Å². The highest BCUT2D eigenvalue weighted by molar-refractivity contribution is 5.75. The summed E-state index contributed by atoms with van der Waals surface area (Å²) in [5.41, 5.74) is 0. The van der Waals surface area contributed by atoms with Crippen molar-refractivity contribution in [2.45, 2.75) is 52.3 Å². The summed E-state index contributed by atoms with van der Waals surface area (Å²) in [6.45, 7) is 4.36. The van der Waals surface area contributed by atoms with Crippen LogP contribution in [0.15, 0.2) is 9.21 Å². The molecule has 1 aliphatic carbocycles. The first-order chi connectivity index (χ1) is 10.0. The minimum absolute atomic E-state index is 0.112. The topological polar surface area (TPSA) is 86.4 Å². The van der Waals surface area contributed by atoms with Crippen LogP contribution >= 0.6 is 0 Å². The first-order valence-corrected chi connectivity index (χ1v) is 7.36. The number of hydrogen-bond acceptors (Lipinski definition) is 5. The van der Waals surface area contributed by atoms with Gasteiger partial charge in [-0.05, 0) is 18.3 Å². The van der Waals surface area contributed by atoms with E-state index in [2.05, 4.69) is 24.3 Å². The van der Waals surface area contributed by atoms with Crippen molar-refractivity contribution in [3.8, 4) is 0 Å². The van der Waals surface area contributed by atoms with Gasteiger partial charge in [-0.3, -0.25) is 4.79 Å². The predicted octanol–water partition coefficient (Wildman–Crippen LogP) is 0.924. The molecule has 1 N–H and O–H groups in total. The van der Waals surface area contributed by atoms with Crippen molar-refractivity contribution < 1.29 is 13.9 Å². The summed E-state index contributed by atoms with van der Waals surface area (Å²) < 4.78 is 10.7. The zero-order valence-corrected chi connectivity index (χ0v) is 12.8. The number of methoxy groups -OCH3 is 1. The molecule has 0 radical (unpaired) electrons. The van der Waals surface area contributed by atoms with Crippen molar-refractivity contribution in [1.82, 2.24) is 15.1 Å². The van der Waals surface area contributed by atoms with Gasteiger partial charge in [-0.2, -0.15) is 4.68 Å². The maximum absolute atomic E-state index is 12.1. The first-order valence-electron chi connectivity index (χ1n) is 7.36. The van der Waals surface area contributed by atoms with Crippen LogP contribution in [0.1, 0.15) is 39.0 Å². The number of nitrogens with zero attached hydrogens (tertiary/aromatic N) is 2. The fourth-order valence-corrected chi connectivity index (χ4v) is 2.81. The molecular weight excluding hydrogens is 274 g/mol. The Balaban J connectivity index is 1.94. The number of amides is 1. The zero-order valence-electron chi connectivity index (χ0n) is 12.8. The second-order valence-corrected chi connectivity index (χ2v) is 5.79. The highest BCUT2D eigenvalue weighted by atomic mass is 16.5. The second-order valence-electron chi connectivity index (χ2n) is 5.79. The number of nitrogens with one attached hydrogen (secondary N) is 1. The number of carbonyl (C=O) groups excluding carboxylic acids is 1. The quantitative estimate of drug-likeness (QED) is 0.873. The van der Waals surface area contributed by atoms with Crippen molar-refractivity contribution in [3.05, 3.63) is 16.4 Å². The number of ether oxygens (including phenoxy) is 1. The molecule has 21 heavy (non-hydrogen) atoms. The Morgan fingerprint density at radius 3 is 2.95 bits per heavy atom. The van der Waals surface area contributed by atoms with Crippen molar-refractivity contribution >= 4 is 5.91 Å². The Morgan fingerprint density at radius 1 is 1.48 bits per heavy atom. The van der Waals surface area contributed by atoms with E-state index in [0.29, 0.717) is 11.8 Å².